The van der Waals surface area contributed by atoms with Crippen LogP contribution in [0.15, 0.2) is 28.8 Å². The van der Waals surface area contributed by atoms with Gasteiger partial charge in [-0.1, -0.05) is 24.2 Å². The summed E-state index contributed by atoms with van der Waals surface area (Å²) in [7, 11) is 1.70. The van der Waals surface area contributed by atoms with E-state index in [0.717, 1.165) is 5.39 Å². The van der Waals surface area contributed by atoms with Crippen molar-refractivity contribution in [2.45, 2.75) is 13.3 Å². The van der Waals surface area contributed by atoms with Gasteiger partial charge in [0.2, 0.25) is 5.91 Å². The maximum atomic E-state index is 11.5. The average molecular weight is 204 g/mol. The topological polar surface area (TPSA) is 46.3 Å². The summed E-state index contributed by atoms with van der Waals surface area (Å²) >= 11 is 0. The molecule has 1 aromatic heterocycles. The highest BCUT2D eigenvalue weighted by Gasteiger charge is 2.15. The van der Waals surface area contributed by atoms with Gasteiger partial charge in [0.15, 0.2) is 11.4 Å². The zero-order chi connectivity index (χ0) is 10.8. The first-order chi connectivity index (χ1) is 7.24. The van der Waals surface area contributed by atoms with Crippen molar-refractivity contribution < 1.29 is 9.32 Å². The lowest BCUT2D eigenvalue weighted by Gasteiger charge is -2.12. The van der Waals surface area contributed by atoms with E-state index in [1.165, 1.54) is 4.90 Å². The first-order valence-corrected chi connectivity index (χ1v) is 4.85. The van der Waals surface area contributed by atoms with Crippen molar-refractivity contribution in [3.05, 3.63) is 24.3 Å². The largest absolute Gasteiger partial charge is 0.354 e. The molecule has 0 unspecified atom stereocenters. The number of aromatic nitrogens is 1. The molecule has 0 spiro atoms. The molecule has 0 aliphatic rings. The zero-order valence-corrected chi connectivity index (χ0v) is 8.73. The van der Waals surface area contributed by atoms with Gasteiger partial charge in [0, 0.05) is 13.5 Å². The summed E-state index contributed by atoms with van der Waals surface area (Å²) in [6, 6.07) is 7.49. The van der Waals surface area contributed by atoms with E-state index in [0.29, 0.717) is 17.8 Å². The Labute approximate surface area is 87.5 Å². The summed E-state index contributed by atoms with van der Waals surface area (Å²) in [6.07, 6.45) is 0.456. The molecule has 0 atom stereocenters. The highest BCUT2D eigenvalue weighted by atomic mass is 16.5. The van der Waals surface area contributed by atoms with Gasteiger partial charge in [-0.2, -0.15) is 0 Å². The molecule has 2 aromatic rings. The fraction of sp³-hybridized carbons (Fsp3) is 0.273. The van der Waals surface area contributed by atoms with Crippen LogP contribution in [0.25, 0.3) is 11.0 Å². The Balaban J connectivity index is 2.48. The van der Waals surface area contributed by atoms with Crippen molar-refractivity contribution in [1.29, 1.82) is 0 Å². The van der Waals surface area contributed by atoms with Crippen LogP contribution in [0.4, 0.5) is 5.82 Å². The number of amides is 1. The van der Waals surface area contributed by atoms with E-state index in [-0.39, 0.29) is 5.91 Å². The first kappa shape index (κ1) is 9.71. The molecule has 0 saturated carbocycles. The van der Waals surface area contributed by atoms with Crippen molar-refractivity contribution in [2.75, 3.05) is 11.9 Å². The Hall–Kier alpha value is -1.84. The maximum Gasteiger partial charge on any atom is 0.227 e. The van der Waals surface area contributed by atoms with Gasteiger partial charge in [-0.3, -0.25) is 9.69 Å². The molecule has 0 N–H and O–H groups in total. The zero-order valence-electron chi connectivity index (χ0n) is 8.73. The van der Waals surface area contributed by atoms with Gasteiger partial charge in [0.25, 0.3) is 0 Å². The van der Waals surface area contributed by atoms with E-state index < -0.39 is 0 Å². The van der Waals surface area contributed by atoms with Gasteiger partial charge < -0.3 is 4.52 Å². The SMILES string of the molecule is CCC(=O)N(C)c1noc2ccccc12. The summed E-state index contributed by atoms with van der Waals surface area (Å²) in [5.41, 5.74) is 0.697. The molecule has 15 heavy (non-hydrogen) atoms. The molecule has 0 aliphatic heterocycles. The van der Waals surface area contributed by atoms with Crippen LogP contribution in [0.1, 0.15) is 13.3 Å². The molecule has 4 heteroatoms. The van der Waals surface area contributed by atoms with E-state index in [1.54, 1.807) is 7.05 Å². The third kappa shape index (κ3) is 1.58. The maximum absolute atomic E-state index is 11.5. The van der Waals surface area contributed by atoms with Crippen LogP contribution in [0, 0.1) is 0 Å². The molecule has 0 fully saturated rings. The minimum Gasteiger partial charge on any atom is -0.354 e. The van der Waals surface area contributed by atoms with E-state index >= 15 is 0 Å². The lowest BCUT2D eigenvalue weighted by Crippen LogP contribution is -2.25. The number of hydrogen-bond donors (Lipinski definition) is 0. The van der Waals surface area contributed by atoms with Crippen LogP contribution in [0.5, 0.6) is 0 Å². The summed E-state index contributed by atoms with van der Waals surface area (Å²) in [4.78, 5) is 13.0. The molecule has 0 radical (unpaired) electrons. The van der Waals surface area contributed by atoms with Gasteiger partial charge in [-0.25, -0.2) is 0 Å². The molecular formula is C11H12N2O2. The smallest absolute Gasteiger partial charge is 0.227 e. The predicted octanol–water partition coefficient (Wildman–Crippen LogP) is 2.20. The van der Waals surface area contributed by atoms with E-state index in [9.17, 15) is 4.79 Å². The Morgan fingerprint density at radius 1 is 1.47 bits per heavy atom. The molecule has 0 bridgehead atoms. The number of hydrogen-bond acceptors (Lipinski definition) is 3. The Morgan fingerprint density at radius 2 is 2.20 bits per heavy atom. The number of fused-ring (bicyclic) bond motifs is 1. The number of benzene rings is 1. The average Bonchev–Trinajstić information content (AvgIpc) is 2.70. The van der Waals surface area contributed by atoms with Crippen LogP contribution < -0.4 is 4.90 Å². The van der Waals surface area contributed by atoms with Gasteiger partial charge >= 0.3 is 0 Å². The standard InChI is InChI=1S/C11H12N2O2/c1-3-10(14)13(2)11-8-6-4-5-7-9(8)15-12-11/h4-7H,3H2,1-2H3. The number of nitrogens with zero attached hydrogens (tertiary/aromatic N) is 2. The second kappa shape index (κ2) is 3.73. The highest BCUT2D eigenvalue weighted by molar-refractivity contribution is 6.00. The fourth-order valence-corrected chi connectivity index (χ4v) is 1.47. The van der Waals surface area contributed by atoms with Crippen molar-refractivity contribution in [3.63, 3.8) is 0 Å². The highest BCUT2D eigenvalue weighted by Crippen LogP contribution is 2.24. The number of carbonyl (C=O) groups excluding carboxylic acids is 1. The summed E-state index contributed by atoms with van der Waals surface area (Å²) < 4.78 is 5.12. The molecular weight excluding hydrogens is 192 g/mol. The van der Waals surface area contributed by atoms with E-state index in [4.69, 9.17) is 4.52 Å². The molecule has 0 saturated heterocycles. The van der Waals surface area contributed by atoms with Crippen LogP contribution in [-0.2, 0) is 4.79 Å². The number of anilines is 1. The van der Waals surface area contributed by atoms with Crippen LogP contribution in [0.3, 0.4) is 0 Å². The van der Waals surface area contributed by atoms with Crippen molar-refractivity contribution in [1.82, 2.24) is 5.16 Å². The van der Waals surface area contributed by atoms with Gasteiger partial charge in [-0.15, -0.1) is 0 Å². The minimum absolute atomic E-state index is 0.0223. The van der Waals surface area contributed by atoms with Gasteiger partial charge in [-0.05, 0) is 12.1 Å². The molecule has 1 heterocycles. The monoisotopic (exact) mass is 204 g/mol. The van der Waals surface area contributed by atoms with Gasteiger partial charge in [0.05, 0.1) is 5.39 Å². The molecule has 1 amide bonds. The molecule has 2 rings (SSSR count). The lowest BCUT2D eigenvalue weighted by molar-refractivity contribution is -0.118. The second-order valence-corrected chi connectivity index (χ2v) is 3.31. The molecule has 78 valence electrons. The number of rotatable bonds is 2. The lowest BCUT2D eigenvalue weighted by atomic mass is 10.2. The Bertz CT molecular complexity index is 490. The fourth-order valence-electron chi connectivity index (χ4n) is 1.47. The normalized spacial score (nSPS) is 10.5. The predicted molar refractivity (Wildman–Crippen MR) is 57.7 cm³/mol. The summed E-state index contributed by atoms with van der Waals surface area (Å²) in [5.74, 6) is 0.603. The third-order valence-corrected chi connectivity index (χ3v) is 2.35. The van der Waals surface area contributed by atoms with Crippen molar-refractivity contribution >= 4 is 22.7 Å². The Morgan fingerprint density at radius 3 is 2.93 bits per heavy atom. The number of para-hydroxylation sites is 1. The molecule has 4 nitrogen and oxygen atoms in total. The third-order valence-electron chi connectivity index (χ3n) is 2.35. The first-order valence-electron chi connectivity index (χ1n) is 4.85. The van der Waals surface area contributed by atoms with Crippen LogP contribution in [-0.4, -0.2) is 18.1 Å². The minimum atomic E-state index is 0.0223. The quantitative estimate of drug-likeness (QED) is 0.753. The van der Waals surface area contributed by atoms with Crippen molar-refractivity contribution in [3.8, 4) is 0 Å². The van der Waals surface area contributed by atoms with Crippen LogP contribution >= 0.6 is 0 Å². The van der Waals surface area contributed by atoms with E-state index in [1.807, 2.05) is 31.2 Å². The second-order valence-electron chi connectivity index (χ2n) is 3.31. The van der Waals surface area contributed by atoms with E-state index in [2.05, 4.69) is 5.16 Å². The van der Waals surface area contributed by atoms with Crippen LogP contribution in [0.2, 0.25) is 0 Å². The van der Waals surface area contributed by atoms with Crippen molar-refractivity contribution in [2.24, 2.45) is 0 Å². The molecule has 1 aromatic carbocycles. The summed E-state index contributed by atoms with van der Waals surface area (Å²) in [5, 5.41) is 4.76. The van der Waals surface area contributed by atoms with Gasteiger partial charge in [0.1, 0.15) is 0 Å². The Kier molecular flexibility index (Phi) is 2.41. The summed E-state index contributed by atoms with van der Waals surface area (Å²) in [6.45, 7) is 1.82. The molecule has 0 aliphatic carbocycles. The number of carbonyl (C=O) groups is 1.